The number of esters is 1. The molecule has 0 unspecified atom stereocenters. The Morgan fingerprint density at radius 2 is 1.49 bits per heavy atom. The van der Waals surface area contributed by atoms with Crippen molar-refractivity contribution in [2.45, 2.75) is 0 Å². The number of rotatable bonds is 7. The lowest BCUT2D eigenvalue weighted by molar-refractivity contribution is -0.120. The number of nitrogens with zero attached hydrogens (tertiary/aromatic N) is 1. The van der Waals surface area contributed by atoms with Crippen molar-refractivity contribution in [2.24, 2.45) is 0 Å². The van der Waals surface area contributed by atoms with Crippen LogP contribution < -0.4 is 24.4 Å². The zero-order valence-corrected chi connectivity index (χ0v) is 20.0. The van der Waals surface area contributed by atoms with Gasteiger partial charge in [-0.25, -0.2) is 9.69 Å². The number of methoxy groups -OCH3 is 2. The van der Waals surface area contributed by atoms with Gasteiger partial charge in [0.1, 0.15) is 28.0 Å². The van der Waals surface area contributed by atoms with E-state index in [0.29, 0.717) is 28.0 Å². The van der Waals surface area contributed by atoms with E-state index in [4.69, 9.17) is 37.4 Å². The zero-order chi connectivity index (χ0) is 25.1. The Labute approximate surface area is 210 Å². The van der Waals surface area contributed by atoms with E-state index < -0.39 is 17.8 Å². The van der Waals surface area contributed by atoms with Crippen LogP contribution in [0.15, 0.2) is 77.5 Å². The molecular formula is C25H18Cl2N2O6. The molecule has 3 aromatic rings. The van der Waals surface area contributed by atoms with Gasteiger partial charge in [0.15, 0.2) is 0 Å². The molecule has 0 spiro atoms. The number of hydrogen-bond acceptors (Lipinski definition) is 7. The molecule has 0 aliphatic carbocycles. The first-order valence-corrected chi connectivity index (χ1v) is 10.9. The molecule has 4 rings (SSSR count). The van der Waals surface area contributed by atoms with Gasteiger partial charge in [0.25, 0.3) is 11.8 Å². The predicted molar refractivity (Wildman–Crippen MR) is 131 cm³/mol. The lowest BCUT2D eigenvalue weighted by Crippen LogP contribution is -2.32. The summed E-state index contributed by atoms with van der Waals surface area (Å²) in [6.45, 7) is 0. The molecule has 0 bridgehead atoms. The smallest absolute Gasteiger partial charge is 0.343 e. The molecule has 1 heterocycles. The molecule has 0 radical (unpaired) electrons. The summed E-state index contributed by atoms with van der Waals surface area (Å²) in [7, 11) is 2.89. The molecule has 0 saturated carbocycles. The lowest BCUT2D eigenvalue weighted by Gasteiger charge is -2.19. The van der Waals surface area contributed by atoms with Crippen LogP contribution in [0.1, 0.15) is 10.4 Å². The average Bonchev–Trinajstić information content (AvgIpc) is 3.08. The molecule has 35 heavy (non-hydrogen) atoms. The van der Waals surface area contributed by atoms with Crippen LogP contribution in [0.2, 0.25) is 5.02 Å². The maximum atomic E-state index is 13.1. The van der Waals surface area contributed by atoms with Crippen molar-refractivity contribution in [3.05, 3.63) is 88.0 Å². The number of imide groups is 1. The van der Waals surface area contributed by atoms with Crippen molar-refractivity contribution in [3.8, 4) is 17.2 Å². The largest absolute Gasteiger partial charge is 0.497 e. The monoisotopic (exact) mass is 512 g/mol. The standard InChI is InChI=1S/C25H18Cl2N2O6/c1-33-18-11-12-20(34-2)19(13-18)29-23(30)21(27)22(24(29)31)28-16-7-3-14(4-8-16)25(32)35-17-9-5-15(26)6-10-17/h3-13,28H,1-2H3. The van der Waals surface area contributed by atoms with E-state index in [9.17, 15) is 14.4 Å². The van der Waals surface area contributed by atoms with E-state index >= 15 is 0 Å². The second kappa shape index (κ2) is 10.1. The van der Waals surface area contributed by atoms with E-state index in [1.165, 1.54) is 32.4 Å². The minimum atomic E-state index is -0.714. The van der Waals surface area contributed by atoms with Crippen LogP contribution in [0.25, 0.3) is 0 Å². The Bertz CT molecular complexity index is 1340. The maximum Gasteiger partial charge on any atom is 0.343 e. The van der Waals surface area contributed by atoms with Crippen molar-refractivity contribution < 1.29 is 28.6 Å². The summed E-state index contributed by atoms with van der Waals surface area (Å²) in [5.41, 5.74) is 0.791. The Morgan fingerprint density at radius 1 is 0.829 bits per heavy atom. The molecule has 178 valence electrons. The summed E-state index contributed by atoms with van der Waals surface area (Å²) in [5, 5.41) is 3.09. The molecule has 0 aromatic heterocycles. The third-order valence-corrected chi connectivity index (χ3v) is 5.67. The third kappa shape index (κ3) is 4.94. The van der Waals surface area contributed by atoms with Crippen LogP contribution in [0.5, 0.6) is 17.2 Å². The predicted octanol–water partition coefficient (Wildman–Crippen LogP) is 5.01. The third-order valence-electron chi connectivity index (χ3n) is 5.07. The maximum absolute atomic E-state index is 13.1. The van der Waals surface area contributed by atoms with Crippen LogP contribution in [-0.2, 0) is 9.59 Å². The van der Waals surface area contributed by atoms with Gasteiger partial charge in [0.2, 0.25) is 0 Å². The number of nitrogens with one attached hydrogen (secondary N) is 1. The minimum absolute atomic E-state index is 0.113. The molecule has 1 N–H and O–H groups in total. The van der Waals surface area contributed by atoms with Gasteiger partial charge in [-0.2, -0.15) is 0 Å². The fraction of sp³-hybridized carbons (Fsp3) is 0.0800. The first-order chi connectivity index (χ1) is 16.8. The van der Waals surface area contributed by atoms with Crippen molar-refractivity contribution in [2.75, 3.05) is 24.4 Å². The van der Waals surface area contributed by atoms with Crippen LogP contribution in [0.3, 0.4) is 0 Å². The topological polar surface area (TPSA) is 94.2 Å². The highest BCUT2D eigenvalue weighted by molar-refractivity contribution is 6.53. The summed E-state index contributed by atoms with van der Waals surface area (Å²) < 4.78 is 15.8. The second-order valence-electron chi connectivity index (χ2n) is 7.22. The van der Waals surface area contributed by atoms with E-state index in [2.05, 4.69) is 5.32 Å². The summed E-state index contributed by atoms with van der Waals surface area (Å²) in [5.74, 6) is -0.880. The first kappa shape index (κ1) is 24.1. The molecule has 3 aromatic carbocycles. The number of carbonyl (C=O) groups is 3. The number of ether oxygens (including phenoxy) is 3. The number of hydrogen-bond donors (Lipinski definition) is 1. The fourth-order valence-corrected chi connectivity index (χ4v) is 3.64. The van der Waals surface area contributed by atoms with Gasteiger partial charge >= 0.3 is 5.97 Å². The van der Waals surface area contributed by atoms with Crippen molar-refractivity contribution in [1.82, 2.24) is 0 Å². The van der Waals surface area contributed by atoms with Gasteiger partial charge in [-0.15, -0.1) is 0 Å². The van der Waals surface area contributed by atoms with Crippen molar-refractivity contribution in [3.63, 3.8) is 0 Å². The molecule has 1 aliphatic heterocycles. The van der Waals surface area contributed by atoms with Crippen molar-refractivity contribution in [1.29, 1.82) is 0 Å². The molecular weight excluding hydrogens is 495 g/mol. The van der Waals surface area contributed by atoms with Crippen LogP contribution in [0, 0.1) is 0 Å². The van der Waals surface area contributed by atoms with E-state index in [0.717, 1.165) is 4.90 Å². The molecule has 0 fully saturated rings. The Kier molecular flexibility index (Phi) is 6.95. The molecule has 0 atom stereocenters. The van der Waals surface area contributed by atoms with Gasteiger partial charge in [-0.3, -0.25) is 9.59 Å². The quantitative estimate of drug-likeness (QED) is 0.270. The van der Waals surface area contributed by atoms with Gasteiger partial charge in [-0.05, 0) is 60.7 Å². The Morgan fingerprint density at radius 3 is 2.11 bits per heavy atom. The van der Waals surface area contributed by atoms with Crippen molar-refractivity contribution >= 4 is 52.4 Å². The minimum Gasteiger partial charge on any atom is -0.497 e. The molecule has 0 saturated heterocycles. The Balaban J connectivity index is 1.51. The first-order valence-electron chi connectivity index (χ1n) is 10.2. The number of anilines is 2. The summed E-state index contributed by atoms with van der Waals surface area (Å²) in [6.07, 6.45) is 0. The van der Waals surface area contributed by atoms with E-state index in [1.54, 1.807) is 48.5 Å². The second-order valence-corrected chi connectivity index (χ2v) is 8.03. The summed E-state index contributed by atoms with van der Waals surface area (Å²) in [4.78, 5) is 39.2. The van der Waals surface area contributed by atoms with Gasteiger partial charge in [0, 0.05) is 16.8 Å². The van der Waals surface area contributed by atoms with Crippen LogP contribution in [0.4, 0.5) is 11.4 Å². The number of benzene rings is 3. The number of carbonyl (C=O) groups excluding carboxylic acids is 3. The molecule has 1 aliphatic rings. The van der Waals surface area contributed by atoms with Gasteiger partial charge < -0.3 is 19.5 Å². The summed E-state index contributed by atoms with van der Waals surface area (Å²) in [6, 6.07) is 17.2. The van der Waals surface area contributed by atoms with Gasteiger partial charge in [0.05, 0.1) is 25.5 Å². The highest BCUT2D eigenvalue weighted by Crippen LogP contribution is 2.38. The lowest BCUT2D eigenvalue weighted by atomic mass is 10.2. The molecule has 2 amide bonds. The fourth-order valence-electron chi connectivity index (χ4n) is 3.30. The van der Waals surface area contributed by atoms with Crippen LogP contribution in [-0.4, -0.2) is 32.0 Å². The summed E-state index contributed by atoms with van der Waals surface area (Å²) >= 11 is 12.1. The molecule has 10 heteroatoms. The highest BCUT2D eigenvalue weighted by atomic mass is 35.5. The normalized spacial score (nSPS) is 13.2. The average molecular weight is 513 g/mol. The highest BCUT2D eigenvalue weighted by Gasteiger charge is 2.40. The van der Waals surface area contributed by atoms with E-state index in [1.807, 2.05) is 0 Å². The van der Waals surface area contributed by atoms with E-state index in [-0.39, 0.29) is 22.0 Å². The van der Waals surface area contributed by atoms with Gasteiger partial charge in [-0.1, -0.05) is 23.2 Å². The van der Waals surface area contributed by atoms with Crippen LogP contribution >= 0.6 is 23.2 Å². The number of amides is 2. The molecule has 8 nitrogen and oxygen atoms in total. The number of halogens is 2. The Hall–Kier alpha value is -4.01. The zero-order valence-electron chi connectivity index (χ0n) is 18.5. The SMILES string of the molecule is COc1ccc(OC)c(N2C(=O)C(Cl)=C(Nc3ccc(C(=O)Oc4ccc(Cl)cc4)cc3)C2=O)c1.